The number of rotatable bonds is 8. The number of sulfonamides is 1. The molecular weight excluding hydrogens is 435 g/mol. The number of amides is 1. The van der Waals surface area contributed by atoms with Gasteiger partial charge in [-0.1, -0.05) is 18.2 Å². The maximum atomic E-state index is 13.1. The van der Waals surface area contributed by atoms with Crippen molar-refractivity contribution in [2.75, 3.05) is 18.9 Å². The number of anilines is 1. The van der Waals surface area contributed by atoms with Gasteiger partial charge in [0, 0.05) is 23.4 Å². The predicted molar refractivity (Wildman–Crippen MR) is 119 cm³/mol. The van der Waals surface area contributed by atoms with Gasteiger partial charge in [-0.25, -0.2) is 12.8 Å². The summed E-state index contributed by atoms with van der Waals surface area (Å²) in [5.41, 5.74) is 1.75. The van der Waals surface area contributed by atoms with E-state index in [-0.39, 0.29) is 22.7 Å². The second-order valence-electron chi connectivity index (χ2n) is 6.92. The molecule has 0 bridgehead atoms. The van der Waals surface area contributed by atoms with Gasteiger partial charge in [-0.2, -0.15) is 0 Å². The Morgan fingerprint density at radius 1 is 1.00 bits per heavy atom. The van der Waals surface area contributed by atoms with Crippen LogP contribution in [0.25, 0.3) is 0 Å². The van der Waals surface area contributed by atoms with Gasteiger partial charge in [-0.15, -0.1) is 0 Å². The van der Waals surface area contributed by atoms with Crippen LogP contribution < -0.4 is 19.5 Å². The number of halogens is 1. The monoisotopic (exact) mass is 458 g/mol. The molecule has 9 heteroatoms. The molecule has 0 fully saturated rings. The highest BCUT2D eigenvalue weighted by Gasteiger charge is 2.19. The first-order valence-corrected chi connectivity index (χ1v) is 11.1. The molecule has 0 spiro atoms. The molecule has 0 aliphatic carbocycles. The van der Waals surface area contributed by atoms with Crippen molar-refractivity contribution in [3.05, 3.63) is 83.2 Å². The van der Waals surface area contributed by atoms with Gasteiger partial charge in [0.2, 0.25) is 0 Å². The van der Waals surface area contributed by atoms with E-state index in [2.05, 4.69) is 10.0 Å². The summed E-state index contributed by atoms with van der Waals surface area (Å²) in [6.07, 6.45) is 0. The van der Waals surface area contributed by atoms with Crippen LogP contribution in [0.2, 0.25) is 0 Å². The van der Waals surface area contributed by atoms with Crippen LogP contribution in [-0.4, -0.2) is 28.5 Å². The first kappa shape index (κ1) is 23.1. The average molecular weight is 459 g/mol. The lowest BCUT2D eigenvalue weighted by Crippen LogP contribution is -2.24. The van der Waals surface area contributed by atoms with Gasteiger partial charge in [0.05, 0.1) is 19.1 Å². The van der Waals surface area contributed by atoms with Crippen LogP contribution >= 0.6 is 0 Å². The maximum absolute atomic E-state index is 13.1. The quantitative estimate of drug-likeness (QED) is 0.534. The van der Waals surface area contributed by atoms with E-state index in [1.807, 2.05) is 0 Å². The summed E-state index contributed by atoms with van der Waals surface area (Å²) in [6.45, 7) is 1.87. The number of hydrogen-bond acceptors (Lipinski definition) is 5. The molecule has 3 aromatic carbocycles. The van der Waals surface area contributed by atoms with Crippen molar-refractivity contribution in [3.8, 4) is 11.5 Å². The van der Waals surface area contributed by atoms with Gasteiger partial charge < -0.3 is 14.8 Å². The van der Waals surface area contributed by atoms with E-state index in [0.717, 1.165) is 12.1 Å². The molecule has 7 nitrogen and oxygen atoms in total. The molecule has 3 rings (SSSR count). The SMILES string of the molecule is COc1cccc(CNC(=O)c2cc(S(=O)(=O)Nc3ccc(F)cc3)ccc2C)c1OC. The zero-order chi connectivity index (χ0) is 23.3. The second kappa shape index (κ2) is 9.69. The lowest BCUT2D eigenvalue weighted by Gasteiger charge is -2.14. The van der Waals surface area contributed by atoms with Crippen molar-refractivity contribution >= 4 is 21.6 Å². The summed E-state index contributed by atoms with van der Waals surface area (Å²) >= 11 is 0. The zero-order valence-electron chi connectivity index (χ0n) is 17.8. The number of carbonyl (C=O) groups excluding carboxylic acids is 1. The Labute approximate surface area is 186 Å². The molecule has 0 atom stereocenters. The fraction of sp³-hybridized carbons (Fsp3) is 0.174. The number of benzene rings is 3. The van der Waals surface area contributed by atoms with Gasteiger partial charge in [-0.3, -0.25) is 9.52 Å². The molecule has 0 aliphatic heterocycles. The number of carbonyl (C=O) groups is 1. The van der Waals surface area contributed by atoms with Gasteiger partial charge in [0.15, 0.2) is 11.5 Å². The first-order chi connectivity index (χ1) is 15.2. The highest BCUT2D eigenvalue weighted by Crippen LogP contribution is 2.30. The second-order valence-corrected chi connectivity index (χ2v) is 8.61. The third-order valence-corrected chi connectivity index (χ3v) is 6.16. The largest absolute Gasteiger partial charge is 0.493 e. The van der Waals surface area contributed by atoms with Crippen LogP contribution in [0.15, 0.2) is 65.6 Å². The van der Waals surface area contributed by atoms with Gasteiger partial charge in [0.1, 0.15) is 5.82 Å². The molecule has 32 heavy (non-hydrogen) atoms. The van der Waals surface area contributed by atoms with Gasteiger partial charge in [-0.05, 0) is 55.0 Å². The van der Waals surface area contributed by atoms with E-state index in [9.17, 15) is 17.6 Å². The van der Waals surface area contributed by atoms with Crippen molar-refractivity contribution in [2.45, 2.75) is 18.4 Å². The number of aryl methyl sites for hydroxylation is 1. The Kier molecular flexibility index (Phi) is 6.99. The maximum Gasteiger partial charge on any atom is 0.261 e. The van der Waals surface area contributed by atoms with Crippen molar-refractivity contribution < 1.29 is 27.1 Å². The number of ether oxygens (including phenoxy) is 2. The molecule has 0 aliphatic rings. The van der Waals surface area contributed by atoms with Crippen LogP contribution in [0.4, 0.5) is 10.1 Å². The molecule has 0 aromatic heterocycles. The lowest BCUT2D eigenvalue weighted by atomic mass is 10.1. The standard InChI is InChI=1S/C23H23FN2O5S/c1-15-7-12-19(32(28,29)26-18-10-8-17(24)9-11-18)13-20(15)23(27)25-14-16-5-4-6-21(30-2)22(16)31-3/h4-13,26H,14H2,1-3H3,(H,25,27). The number of hydrogen-bond donors (Lipinski definition) is 2. The Hall–Kier alpha value is -3.59. The van der Waals surface area contributed by atoms with Crippen molar-refractivity contribution in [2.24, 2.45) is 0 Å². The summed E-state index contributed by atoms with van der Waals surface area (Å²) in [6, 6.07) is 14.5. The summed E-state index contributed by atoms with van der Waals surface area (Å²) in [7, 11) is -0.942. The van der Waals surface area contributed by atoms with Gasteiger partial charge >= 0.3 is 0 Å². The third-order valence-electron chi connectivity index (χ3n) is 4.78. The molecule has 3 aromatic rings. The Balaban J connectivity index is 1.81. The molecule has 168 valence electrons. The molecular formula is C23H23FN2O5S. The summed E-state index contributed by atoms with van der Waals surface area (Å²) in [5.74, 6) is 0.128. The molecule has 1 amide bonds. The summed E-state index contributed by atoms with van der Waals surface area (Å²) in [4.78, 5) is 12.7. The Bertz CT molecular complexity index is 1230. The van der Waals surface area contributed by atoms with E-state index in [0.29, 0.717) is 22.6 Å². The van der Waals surface area contributed by atoms with E-state index in [1.165, 1.54) is 38.5 Å². The first-order valence-electron chi connectivity index (χ1n) is 9.62. The van der Waals surface area contributed by atoms with E-state index in [4.69, 9.17) is 9.47 Å². The molecule has 0 saturated carbocycles. The minimum absolute atomic E-state index is 0.0865. The highest BCUT2D eigenvalue weighted by molar-refractivity contribution is 7.92. The predicted octanol–water partition coefficient (Wildman–Crippen LogP) is 3.88. The topological polar surface area (TPSA) is 93.7 Å². The van der Waals surface area contributed by atoms with E-state index >= 15 is 0 Å². The number of methoxy groups -OCH3 is 2. The summed E-state index contributed by atoms with van der Waals surface area (Å²) in [5, 5.41) is 2.79. The minimum atomic E-state index is -3.97. The van der Waals surface area contributed by atoms with Crippen LogP contribution in [0.3, 0.4) is 0 Å². The fourth-order valence-corrected chi connectivity index (χ4v) is 4.19. The van der Waals surface area contributed by atoms with Crippen molar-refractivity contribution in [3.63, 3.8) is 0 Å². The normalized spacial score (nSPS) is 11.0. The minimum Gasteiger partial charge on any atom is -0.493 e. The highest BCUT2D eigenvalue weighted by atomic mass is 32.2. The fourth-order valence-electron chi connectivity index (χ4n) is 3.11. The molecule has 2 N–H and O–H groups in total. The average Bonchev–Trinajstić information content (AvgIpc) is 2.78. The van der Waals surface area contributed by atoms with Crippen LogP contribution in [0.1, 0.15) is 21.5 Å². The van der Waals surface area contributed by atoms with Crippen LogP contribution in [-0.2, 0) is 16.6 Å². The Morgan fingerprint density at radius 3 is 2.38 bits per heavy atom. The lowest BCUT2D eigenvalue weighted by molar-refractivity contribution is 0.0949. The van der Waals surface area contributed by atoms with E-state index < -0.39 is 21.7 Å². The molecule has 0 saturated heterocycles. The Morgan fingerprint density at radius 2 is 1.72 bits per heavy atom. The number of para-hydroxylation sites is 1. The number of nitrogens with one attached hydrogen (secondary N) is 2. The zero-order valence-corrected chi connectivity index (χ0v) is 18.6. The smallest absolute Gasteiger partial charge is 0.261 e. The van der Waals surface area contributed by atoms with Crippen molar-refractivity contribution in [1.82, 2.24) is 5.32 Å². The van der Waals surface area contributed by atoms with E-state index in [1.54, 1.807) is 31.2 Å². The van der Waals surface area contributed by atoms with Crippen LogP contribution in [0.5, 0.6) is 11.5 Å². The molecule has 0 unspecified atom stereocenters. The van der Waals surface area contributed by atoms with Gasteiger partial charge in [0.25, 0.3) is 15.9 Å². The molecule has 0 heterocycles. The van der Waals surface area contributed by atoms with Crippen molar-refractivity contribution in [1.29, 1.82) is 0 Å². The molecule has 0 radical (unpaired) electrons. The summed E-state index contributed by atoms with van der Waals surface area (Å²) < 4.78 is 51.6. The van der Waals surface area contributed by atoms with Crippen LogP contribution in [0, 0.1) is 12.7 Å². The third kappa shape index (κ3) is 5.17.